The van der Waals surface area contributed by atoms with Gasteiger partial charge in [0.15, 0.2) is 0 Å². The van der Waals surface area contributed by atoms with Gasteiger partial charge in [-0.05, 0) is 36.4 Å². The molecule has 2 aromatic carbocycles. The first-order valence-electron chi connectivity index (χ1n) is 5.34. The maximum atomic E-state index is 13.6. The van der Waals surface area contributed by atoms with Crippen molar-refractivity contribution in [2.75, 3.05) is 5.73 Å². The third kappa shape index (κ3) is 3.55. The molecule has 0 amide bonds. The molecule has 0 aliphatic heterocycles. The van der Waals surface area contributed by atoms with Crippen molar-refractivity contribution < 1.29 is 8.60 Å². The van der Waals surface area contributed by atoms with E-state index in [1.54, 1.807) is 24.3 Å². The highest BCUT2D eigenvalue weighted by molar-refractivity contribution is 9.10. The van der Waals surface area contributed by atoms with Crippen LogP contribution >= 0.6 is 27.5 Å². The predicted octanol–water partition coefficient (Wildman–Crippen LogP) is 4.13. The summed E-state index contributed by atoms with van der Waals surface area (Å²) in [6.07, 6.45) is 0. The highest BCUT2D eigenvalue weighted by Crippen LogP contribution is 2.24. The first-order valence-corrected chi connectivity index (χ1v) is 7.83. The average Bonchev–Trinajstić information content (AvgIpc) is 2.33. The molecule has 0 spiro atoms. The molecule has 2 nitrogen and oxygen atoms in total. The van der Waals surface area contributed by atoms with E-state index < -0.39 is 10.8 Å². The quantitative estimate of drug-likeness (QED) is 0.834. The lowest BCUT2D eigenvalue weighted by molar-refractivity contribution is 0.615. The van der Waals surface area contributed by atoms with Crippen LogP contribution in [0.3, 0.4) is 0 Å². The molecule has 2 rings (SSSR count). The van der Waals surface area contributed by atoms with Crippen LogP contribution in [0.5, 0.6) is 0 Å². The van der Waals surface area contributed by atoms with Crippen LogP contribution in [0.2, 0.25) is 5.02 Å². The number of anilines is 1. The van der Waals surface area contributed by atoms with Crippen molar-refractivity contribution in [2.24, 2.45) is 0 Å². The Morgan fingerprint density at radius 3 is 2.68 bits per heavy atom. The smallest absolute Gasteiger partial charge is 0.127 e. The van der Waals surface area contributed by atoms with Crippen LogP contribution < -0.4 is 5.73 Å². The van der Waals surface area contributed by atoms with Crippen molar-refractivity contribution in [1.82, 2.24) is 0 Å². The van der Waals surface area contributed by atoms with Crippen LogP contribution in [0.1, 0.15) is 5.56 Å². The van der Waals surface area contributed by atoms with E-state index in [0.29, 0.717) is 21.2 Å². The number of halogens is 3. The molecule has 19 heavy (non-hydrogen) atoms. The minimum atomic E-state index is -1.42. The lowest BCUT2D eigenvalue weighted by Crippen LogP contribution is -2.02. The number of nitrogens with two attached hydrogens (primary N) is 1. The van der Waals surface area contributed by atoms with E-state index in [2.05, 4.69) is 15.9 Å². The lowest BCUT2D eigenvalue weighted by Gasteiger charge is -2.07. The van der Waals surface area contributed by atoms with Crippen LogP contribution in [0.4, 0.5) is 10.1 Å². The SMILES string of the molecule is Nc1cc(Cl)ccc1S(=O)Cc1cc(Br)ccc1F. The Morgan fingerprint density at radius 2 is 2.00 bits per heavy atom. The fourth-order valence-corrected chi connectivity index (χ4v) is 3.39. The second-order valence-corrected chi connectivity index (χ2v) is 6.68. The van der Waals surface area contributed by atoms with Crippen LogP contribution in [-0.4, -0.2) is 4.21 Å². The molecule has 2 aromatic rings. The second-order valence-electron chi connectivity index (χ2n) is 3.91. The van der Waals surface area contributed by atoms with E-state index in [1.807, 2.05) is 0 Å². The van der Waals surface area contributed by atoms with Gasteiger partial charge in [-0.3, -0.25) is 4.21 Å². The summed E-state index contributed by atoms with van der Waals surface area (Å²) >= 11 is 9.04. The summed E-state index contributed by atoms with van der Waals surface area (Å²) in [7, 11) is -1.42. The summed E-state index contributed by atoms with van der Waals surface area (Å²) in [6, 6.07) is 9.29. The van der Waals surface area contributed by atoms with Gasteiger partial charge in [0, 0.05) is 20.7 Å². The van der Waals surface area contributed by atoms with Gasteiger partial charge in [0.2, 0.25) is 0 Å². The topological polar surface area (TPSA) is 43.1 Å². The van der Waals surface area contributed by atoms with E-state index in [4.69, 9.17) is 17.3 Å². The third-order valence-corrected chi connectivity index (χ3v) is 4.68. The average molecular weight is 363 g/mol. The Labute approximate surface area is 126 Å². The third-order valence-electron chi connectivity index (χ3n) is 2.51. The molecule has 100 valence electrons. The molecule has 1 atom stereocenters. The van der Waals surface area contributed by atoms with Gasteiger partial charge in [-0.25, -0.2) is 4.39 Å². The summed E-state index contributed by atoms with van der Waals surface area (Å²) in [4.78, 5) is 0.462. The Morgan fingerprint density at radius 1 is 1.26 bits per heavy atom. The molecule has 0 saturated heterocycles. The number of hydrogen-bond donors (Lipinski definition) is 1. The Bertz CT molecular complexity index is 651. The van der Waals surface area contributed by atoms with Gasteiger partial charge in [-0.2, -0.15) is 0 Å². The fraction of sp³-hybridized carbons (Fsp3) is 0.0769. The van der Waals surface area contributed by atoms with E-state index >= 15 is 0 Å². The zero-order chi connectivity index (χ0) is 14.0. The first-order chi connectivity index (χ1) is 8.97. The van der Waals surface area contributed by atoms with Crippen molar-refractivity contribution in [3.63, 3.8) is 0 Å². The maximum absolute atomic E-state index is 13.6. The predicted molar refractivity (Wildman–Crippen MR) is 80.1 cm³/mol. The fourth-order valence-electron chi connectivity index (χ4n) is 1.60. The Hall–Kier alpha value is -0.910. The van der Waals surface area contributed by atoms with E-state index in [9.17, 15) is 8.60 Å². The molecule has 6 heteroatoms. The highest BCUT2D eigenvalue weighted by Gasteiger charge is 2.12. The van der Waals surface area contributed by atoms with Gasteiger partial charge in [-0.15, -0.1) is 0 Å². The number of hydrogen-bond acceptors (Lipinski definition) is 2. The van der Waals surface area contributed by atoms with Gasteiger partial charge >= 0.3 is 0 Å². The van der Waals surface area contributed by atoms with Crippen LogP contribution in [-0.2, 0) is 16.6 Å². The normalized spacial score (nSPS) is 12.4. The van der Waals surface area contributed by atoms with Gasteiger partial charge in [0.05, 0.1) is 21.4 Å². The molecule has 1 unspecified atom stereocenters. The molecule has 0 bridgehead atoms. The lowest BCUT2D eigenvalue weighted by atomic mass is 10.2. The van der Waals surface area contributed by atoms with Crippen LogP contribution in [0.25, 0.3) is 0 Å². The number of benzene rings is 2. The molecule has 0 aromatic heterocycles. The molecular weight excluding hydrogens is 353 g/mol. The molecule has 0 fully saturated rings. The molecule has 0 heterocycles. The van der Waals surface area contributed by atoms with Crippen molar-refractivity contribution >= 4 is 44.0 Å². The standard InChI is InChI=1S/C13H10BrClFNOS/c14-9-1-3-11(16)8(5-9)7-19(18)13-4-2-10(15)6-12(13)17/h1-6H,7,17H2. The number of rotatable bonds is 3. The summed E-state index contributed by atoms with van der Waals surface area (Å²) in [5.41, 5.74) is 6.49. The van der Waals surface area contributed by atoms with E-state index in [1.165, 1.54) is 12.1 Å². The second kappa shape index (κ2) is 6.03. The summed E-state index contributed by atoms with van der Waals surface area (Å²) in [5, 5.41) is 0.479. The van der Waals surface area contributed by atoms with E-state index in [0.717, 1.165) is 4.47 Å². The molecule has 0 aliphatic rings. The monoisotopic (exact) mass is 361 g/mol. The molecule has 0 aliphatic carbocycles. The summed E-state index contributed by atoms with van der Waals surface area (Å²) in [6.45, 7) is 0. The molecule has 0 radical (unpaired) electrons. The molecular formula is C13H10BrClFNOS. The van der Waals surface area contributed by atoms with Gasteiger partial charge in [0.1, 0.15) is 5.82 Å². The van der Waals surface area contributed by atoms with E-state index in [-0.39, 0.29) is 11.6 Å². The molecule has 2 N–H and O–H groups in total. The summed E-state index contributed by atoms with van der Waals surface area (Å²) < 4.78 is 26.6. The van der Waals surface area contributed by atoms with Crippen molar-refractivity contribution in [3.05, 3.63) is 57.3 Å². The summed E-state index contributed by atoms with van der Waals surface area (Å²) in [5.74, 6) is -0.319. The largest absolute Gasteiger partial charge is 0.398 e. The maximum Gasteiger partial charge on any atom is 0.127 e. The number of nitrogen functional groups attached to an aromatic ring is 1. The first kappa shape index (κ1) is 14.5. The Balaban J connectivity index is 2.28. The Kier molecular flexibility index (Phi) is 4.60. The van der Waals surface area contributed by atoms with Gasteiger partial charge in [0.25, 0.3) is 0 Å². The van der Waals surface area contributed by atoms with Gasteiger partial charge < -0.3 is 5.73 Å². The van der Waals surface area contributed by atoms with Crippen LogP contribution in [0, 0.1) is 5.82 Å². The van der Waals surface area contributed by atoms with Gasteiger partial charge in [-0.1, -0.05) is 27.5 Å². The zero-order valence-corrected chi connectivity index (χ0v) is 12.9. The minimum Gasteiger partial charge on any atom is -0.398 e. The molecule has 0 saturated carbocycles. The van der Waals surface area contributed by atoms with Crippen molar-refractivity contribution in [1.29, 1.82) is 0 Å². The zero-order valence-electron chi connectivity index (χ0n) is 9.70. The minimum absolute atomic E-state index is 0.0666. The van der Waals surface area contributed by atoms with Crippen molar-refractivity contribution in [3.8, 4) is 0 Å². The van der Waals surface area contributed by atoms with Crippen molar-refractivity contribution in [2.45, 2.75) is 10.6 Å². The highest BCUT2D eigenvalue weighted by atomic mass is 79.9. The van der Waals surface area contributed by atoms with Crippen LogP contribution in [0.15, 0.2) is 45.8 Å².